The zero-order valence-corrected chi connectivity index (χ0v) is 12.6. The third-order valence-electron chi connectivity index (χ3n) is 2.64. The molecule has 2 aromatic rings. The molecule has 0 bridgehead atoms. The molecule has 2 heterocycles. The predicted molar refractivity (Wildman–Crippen MR) is 76.2 cm³/mol. The highest BCUT2D eigenvalue weighted by Crippen LogP contribution is 2.24. The van der Waals surface area contributed by atoms with Gasteiger partial charge in [-0.3, -0.25) is 4.79 Å². The van der Waals surface area contributed by atoms with Gasteiger partial charge in [-0.1, -0.05) is 6.92 Å². The van der Waals surface area contributed by atoms with E-state index in [0.29, 0.717) is 12.0 Å². The van der Waals surface area contributed by atoms with Gasteiger partial charge < -0.3 is 0 Å². The molecule has 0 radical (unpaired) electrons. The van der Waals surface area contributed by atoms with E-state index >= 15 is 0 Å². The van der Waals surface area contributed by atoms with Crippen molar-refractivity contribution >= 4 is 33.0 Å². The Hall–Kier alpha value is -1.07. The van der Waals surface area contributed by atoms with Gasteiger partial charge in [-0.2, -0.15) is 10.2 Å². The lowest BCUT2D eigenvalue weighted by atomic mass is 10.0. The van der Waals surface area contributed by atoms with E-state index in [1.54, 1.807) is 11.3 Å². The summed E-state index contributed by atoms with van der Waals surface area (Å²) in [6.45, 7) is 3.83. The van der Waals surface area contributed by atoms with Crippen LogP contribution in [-0.2, 0) is 12.8 Å². The number of aromatic nitrogens is 2. The summed E-state index contributed by atoms with van der Waals surface area (Å²) in [7, 11) is 0. The maximum Gasteiger partial charge on any atom is 0.170 e. The van der Waals surface area contributed by atoms with Gasteiger partial charge >= 0.3 is 0 Å². The molecule has 0 amide bonds. The van der Waals surface area contributed by atoms with Crippen molar-refractivity contribution < 1.29 is 4.79 Å². The van der Waals surface area contributed by atoms with E-state index in [9.17, 15) is 4.79 Å². The third-order valence-corrected chi connectivity index (χ3v) is 4.57. The van der Waals surface area contributed by atoms with Gasteiger partial charge in [0.1, 0.15) is 0 Å². The SMILES string of the molecule is CCc1nnc(C)cc1C(=O)Cc1sccc1Br. The zero-order chi connectivity index (χ0) is 13.1. The average Bonchev–Trinajstić information content (AvgIpc) is 2.75. The molecule has 0 atom stereocenters. The van der Waals surface area contributed by atoms with E-state index in [2.05, 4.69) is 26.1 Å². The molecule has 0 N–H and O–H groups in total. The quantitative estimate of drug-likeness (QED) is 0.807. The lowest BCUT2D eigenvalue weighted by molar-refractivity contribution is 0.0992. The van der Waals surface area contributed by atoms with Gasteiger partial charge in [-0.25, -0.2) is 0 Å². The van der Waals surface area contributed by atoms with Crippen LogP contribution in [0, 0.1) is 6.92 Å². The summed E-state index contributed by atoms with van der Waals surface area (Å²) in [6, 6.07) is 3.79. The van der Waals surface area contributed by atoms with Crippen molar-refractivity contribution in [2.24, 2.45) is 0 Å². The fourth-order valence-corrected chi connectivity index (χ4v) is 3.20. The minimum atomic E-state index is 0.105. The monoisotopic (exact) mass is 324 g/mol. The summed E-state index contributed by atoms with van der Waals surface area (Å²) < 4.78 is 0.998. The van der Waals surface area contributed by atoms with Gasteiger partial charge in [-0.05, 0) is 46.8 Å². The lowest BCUT2D eigenvalue weighted by Crippen LogP contribution is -2.10. The van der Waals surface area contributed by atoms with E-state index in [-0.39, 0.29) is 5.78 Å². The van der Waals surface area contributed by atoms with Gasteiger partial charge in [0.05, 0.1) is 11.4 Å². The minimum absolute atomic E-state index is 0.105. The maximum absolute atomic E-state index is 12.3. The van der Waals surface area contributed by atoms with Crippen LogP contribution in [0.25, 0.3) is 0 Å². The van der Waals surface area contributed by atoms with Crippen LogP contribution in [0.1, 0.15) is 33.5 Å². The largest absolute Gasteiger partial charge is 0.294 e. The van der Waals surface area contributed by atoms with E-state index in [0.717, 1.165) is 27.2 Å². The highest BCUT2D eigenvalue weighted by molar-refractivity contribution is 9.10. The van der Waals surface area contributed by atoms with E-state index < -0.39 is 0 Å². The van der Waals surface area contributed by atoms with Crippen LogP contribution >= 0.6 is 27.3 Å². The van der Waals surface area contributed by atoms with Crippen molar-refractivity contribution in [3.8, 4) is 0 Å². The number of halogens is 1. The van der Waals surface area contributed by atoms with Crippen LogP contribution in [0.4, 0.5) is 0 Å². The molecule has 0 aliphatic heterocycles. The molecule has 5 heteroatoms. The van der Waals surface area contributed by atoms with E-state index in [4.69, 9.17) is 0 Å². The van der Waals surface area contributed by atoms with Crippen molar-refractivity contribution in [1.29, 1.82) is 0 Å². The zero-order valence-electron chi connectivity index (χ0n) is 10.2. The first-order valence-electron chi connectivity index (χ1n) is 5.70. The first kappa shape index (κ1) is 13.4. The fraction of sp³-hybridized carbons (Fsp3) is 0.308. The summed E-state index contributed by atoms with van der Waals surface area (Å²) >= 11 is 5.03. The molecular weight excluding hydrogens is 312 g/mol. The topological polar surface area (TPSA) is 42.9 Å². The molecule has 0 fully saturated rings. The summed E-state index contributed by atoms with van der Waals surface area (Å²) in [5.74, 6) is 0.105. The second-order valence-electron chi connectivity index (χ2n) is 3.99. The molecule has 0 saturated heterocycles. The average molecular weight is 325 g/mol. The number of hydrogen-bond donors (Lipinski definition) is 0. The molecule has 3 nitrogen and oxygen atoms in total. The predicted octanol–water partition coefficient (Wildman–Crippen LogP) is 3.60. The summed E-state index contributed by atoms with van der Waals surface area (Å²) in [5.41, 5.74) is 2.25. The molecule has 0 aliphatic rings. The smallest absolute Gasteiger partial charge is 0.170 e. The van der Waals surface area contributed by atoms with Gasteiger partial charge in [0.2, 0.25) is 0 Å². The Morgan fingerprint density at radius 3 is 2.83 bits per heavy atom. The number of nitrogens with zero attached hydrogens (tertiary/aromatic N) is 2. The number of hydrogen-bond acceptors (Lipinski definition) is 4. The Labute approximate surface area is 118 Å². The van der Waals surface area contributed by atoms with E-state index in [1.807, 2.05) is 31.4 Å². The highest BCUT2D eigenvalue weighted by atomic mass is 79.9. The third kappa shape index (κ3) is 2.84. The van der Waals surface area contributed by atoms with Gasteiger partial charge in [0, 0.05) is 21.3 Å². The Morgan fingerprint density at radius 2 is 2.22 bits per heavy atom. The lowest BCUT2D eigenvalue weighted by Gasteiger charge is -2.05. The molecule has 94 valence electrons. The standard InChI is InChI=1S/C13H13BrN2OS/c1-3-11-9(6-8(2)15-16-11)12(17)7-13-10(14)4-5-18-13/h4-6H,3,7H2,1-2H3. The molecule has 18 heavy (non-hydrogen) atoms. The normalized spacial score (nSPS) is 10.6. The highest BCUT2D eigenvalue weighted by Gasteiger charge is 2.15. The van der Waals surface area contributed by atoms with Crippen molar-refractivity contribution in [3.05, 3.63) is 43.8 Å². The number of thiophene rings is 1. The van der Waals surface area contributed by atoms with E-state index in [1.165, 1.54) is 0 Å². The Balaban J connectivity index is 2.29. The van der Waals surface area contributed by atoms with Gasteiger partial charge in [0.15, 0.2) is 5.78 Å². The number of rotatable bonds is 4. The second kappa shape index (κ2) is 5.71. The first-order chi connectivity index (χ1) is 8.61. The number of carbonyl (C=O) groups is 1. The van der Waals surface area contributed by atoms with Crippen LogP contribution in [0.3, 0.4) is 0 Å². The molecule has 2 aromatic heterocycles. The summed E-state index contributed by atoms with van der Waals surface area (Å²) in [4.78, 5) is 13.4. The number of ketones is 1. The Bertz CT molecular complexity index is 580. The van der Waals surface area contributed by atoms with Crippen molar-refractivity contribution in [3.63, 3.8) is 0 Å². The number of Topliss-reactive ketones (excluding diaryl/α,β-unsaturated/α-hetero) is 1. The molecule has 0 unspecified atom stereocenters. The van der Waals surface area contributed by atoms with Gasteiger partial charge in [0.25, 0.3) is 0 Å². The number of aryl methyl sites for hydroxylation is 2. The summed E-state index contributed by atoms with van der Waals surface area (Å²) in [5, 5.41) is 10.1. The maximum atomic E-state index is 12.3. The molecule has 2 rings (SSSR count). The molecule has 0 aromatic carbocycles. The molecule has 0 saturated carbocycles. The van der Waals surface area contributed by atoms with Gasteiger partial charge in [-0.15, -0.1) is 11.3 Å². The fourth-order valence-electron chi connectivity index (χ4n) is 1.71. The van der Waals surface area contributed by atoms with Crippen LogP contribution in [0.2, 0.25) is 0 Å². The van der Waals surface area contributed by atoms with Crippen LogP contribution in [0.15, 0.2) is 22.0 Å². The number of carbonyl (C=O) groups excluding carboxylic acids is 1. The van der Waals surface area contributed by atoms with Crippen LogP contribution in [0.5, 0.6) is 0 Å². The van der Waals surface area contributed by atoms with Crippen LogP contribution in [-0.4, -0.2) is 16.0 Å². The molecular formula is C13H13BrN2OS. The van der Waals surface area contributed by atoms with Crippen molar-refractivity contribution in [2.75, 3.05) is 0 Å². The molecule has 0 spiro atoms. The second-order valence-corrected chi connectivity index (χ2v) is 5.85. The van der Waals surface area contributed by atoms with Crippen LogP contribution < -0.4 is 0 Å². The minimum Gasteiger partial charge on any atom is -0.294 e. The van der Waals surface area contributed by atoms with Crippen molar-refractivity contribution in [1.82, 2.24) is 10.2 Å². The first-order valence-corrected chi connectivity index (χ1v) is 7.37. The Kier molecular flexibility index (Phi) is 4.24. The molecule has 0 aliphatic carbocycles. The van der Waals surface area contributed by atoms with Crippen molar-refractivity contribution in [2.45, 2.75) is 26.7 Å². The summed E-state index contributed by atoms with van der Waals surface area (Å²) in [6.07, 6.45) is 1.14. The Morgan fingerprint density at radius 1 is 1.44 bits per heavy atom.